The molecule has 0 fully saturated rings. The Balaban J connectivity index is 1.90. The SMILES string of the molecule is CCNc1nc(OCCc2ccc(Cl)cc2)ncc1F. The summed E-state index contributed by atoms with van der Waals surface area (Å²) in [5, 5.41) is 3.51. The fourth-order valence-corrected chi connectivity index (χ4v) is 1.75. The first-order valence-corrected chi connectivity index (χ1v) is 6.70. The summed E-state index contributed by atoms with van der Waals surface area (Å²) in [6.07, 6.45) is 1.80. The van der Waals surface area contributed by atoms with E-state index in [0.717, 1.165) is 11.8 Å². The largest absolute Gasteiger partial charge is 0.463 e. The highest BCUT2D eigenvalue weighted by molar-refractivity contribution is 6.30. The van der Waals surface area contributed by atoms with E-state index in [1.807, 2.05) is 31.2 Å². The van der Waals surface area contributed by atoms with Gasteiger partial charge in [-0.25, -0.2) is 9.37 Å². The lowest BCUT2D eigenvalue weighted by atomic mass is 10.2. The van der Waals surface area contributed by atoms with E-state index in [0.29, 0.717) is 24.6 Å². The lowest BCUT2D eigenvalue weighted by Gasteiger charge is -2.07. The molecule has 20 heavy (non-hydrogen) atoms. The van der Waals surface area contributed by atoms with Crippen molar-refractivity contribution in [3.63, 3.8) is 0 Å². The summed E-state index contributed by atoms with van der Waals surface area (Å²) in [4.78, 5) is 7.76. The van der Waals surface area contributed by atoms with Gasteiger partial charge in [-0.2, -0.15) is 4.98 Å². The van der Waals surface area contributed by atoms with Crippen molar-refractivity contribution >= 4 is 17.4 Å². The quantitative estimate of drug-likeness (QED) is 0.888. The van der Waals surface area contributed by atoms with Gasteiger partial charge in [0.15, 0.2) is 11.6 Å². The maximum absolute atomic E-state index is 13.3. The van der Waals surface area contributed by atoms with Crippen LogP contribution in [0.4, 0.5) is 10.2 Å². The topological polar surface area (TPSA) is 47.0 Å². The Morgan fingerprint density at radius 3 is 2.75 bits per heavy atom. The summed E-state index contributed by atoms with van der Waals surface area (Å²) in [6, 6.07) is 7.68. The predicted molar refractivity (Wildman–Crippen MR) is 76.8 cm³/mol. The van der Waals surface area contributed by atoms with Gasteiger partial charge in [-0.1, -0.05) is 23.7 Å². The van der Waals surface area contributed by atoms with E-state index in [-0.39, 0.29) is 11.8 Å². The minimum Gasteiger partial charge on any atom is -0.463 e. The molecule has 1 aromatic heterocycles. The Morgan fingerprint density at radius 1 is 1.30 bits per heavy atom. The molecule has 0 radical (unpaired) electrons. The first kappa shape index (κ1) is 14.5. The van der Waals surface area contributed by atoms with Crippen LogP contribution < -0.4 is 10.1 Å². The second-order valence-electron chi connectivity index (χ2n) is 4.10. The van der Waals surface area contributed by atoms with Gasteiger partial charge in [-0.05, 0) is 24.6 Å². The predicted octanol–water partition coefficient (Wildman–Crippen LogP) is 3.32. The van der Waals surface area contributed by atoms with Crippen LogP contribution >= 0.6 is 11.6 Å². The van der Waals surface area contributed by atoms with Crippen LogP contribution in [0.5, 0.6) is 6.01 Å². The van der Waals surface area contributed by atoms with Gasteiger partial charge >= 0.3 is 6.01 Å². The molecule has 0 aliphatic rings. The number of nitrogens with one attached hydrogen (secondary N) is 1. The molecule has 0 bridgehead atoms. The van der Waals surface area contributed by atoms with E-state index in [9.17, 15) is 4.39 Å². The van der Waals surface area contributed by atoms with Crippen LogP contribution in [-0.2, 0) is 6.42 Å². The van der Waals surface area contributed by atoms with E-state index >= 15 is 0 Å². The summed E-state index contributed by atoms with van der Waals surface area (Å²) < 4.78 is 18.7. The highest BCUT2D eigenvalue weighted by atomic mass is 35.5. The molecule has 2 aromatic rings. The molecule has 106 valence electrons. The van der Waals surface area contributed by atoms with E-state index in [1.54, 1.807) is 0 Å². The van der Waals surface area contributed by atoms with Gasteiger partial charge in [0.25, 0.3) is 0 Å². The highest BCUT2D eigenvalue weighted by Gasteiger charge is 2.06. The van der Waals surface area contributed by atoms with E-state index < -0.39 is 5.82 Å². The van der Waals surface area contributed by atoms with Gasteiger partial charge in [0.05, 0.1) is 12.8 Å². The molecule has 2 rings (SSSR count). The lowest BCUT2D eigenvalue weighted by molar-refractivity contribution is 0.295. The molecule has 0 aliphatic carbocycles. The van der Waals surface area contributed by atoms with Crippen molar-refractivity contribution in [1.29, 1.82) is 0 Å². The molecule has 0 aliphatic heterocycles. The smallest absolute Gasteiger partial charge is 0.318 e. The summed E-state index contributed by atoms with van der Waals surface area (Å²) in [5.74, 6) is -0.333. The van der Waals surface area contributed by atoms with Crippen LogP contribution in [0.3, 0.4) is 0 Å². The van der Waals surface area contributed by atoms with Gasteiger partial charge in [0.1, 0.15) is 0 Å². The van der Waals surface area contributed by atoms with Crippen molar-refractivity contribution in [2.45, 2.75) is 13.3 Å². The number of halogens is 2. The summed E-state index contributed by atoms with van der Waals surface area (Å²) in [6.45, 7) is 2.86. The average Bonchev–Trinajstić information content (AvgIpc) is 2.45. The molecule has 0 unspecified atom stereocenters. The number of rotatable bonds is 6. The van der Waals surface area contributed by atoms with Crippen molar-refractivity contribution in [2.75, 3.05) is 18.5 Å². The molecule has 1 N–H and O–H groups in total. The van der Waals surface area contributed by atoms with Gasteiger partial charge in [-0.15, -0.1) is 0 Å². The highest BCUT2D eigenvalue weighted by Crippen LogP contribution is 2.14. The number of hydrogen-bond acceptors (Lipinski definition) is 4. The normalized spacial score (nSPS) is 10.3. The van der Waals surface area contributed by atoms with E-state index in [4.69, 9.17) is 16.3 Å². The van der Waals surface area contributed by atoms with Crippen LogP contribution in [0.1, 0.15) is 12.5 Å². The fourth-order valence-electron chi connectivity index (χ4n) is 1.62. The summed E-state index contributed by atoms with van der Waals surface area (Å²) in [7, 11) is 0. The molecule has 0 saturated heterocycles. The molecule has 6 heteroatoms. The zero-order valence-corrected chi connectivity index (χ0v) is 11.8. The molecule has 0 spiro atoms. The van der Waals surface area contributed by atoms with Crippen LogP contribution in [0.25, 0.3) is 0 Å². The van der Waals surface area contributed by atoms with Crippen molar-refractivity contribution < 1.29 is 9.13 Å². The Kier molecular flexibility index (Phi) is 5.12. The fraction of sp³-hybridized carbons (Fsp3) is 0.286. The molecule has 0 saturated carbocycles. The van der Waals surface area contributed by atoms with Crippen LogP contribution in [0.2, 0.25) is 5.02 Å². The molecule has 1 aromatic carbocycles. The van der Waals surface area contributed by atoms with Crippen LogP contribution in [0.15, 0.2) is 30.5 Å². The Bertz CT molecular complexity index is 563. The molecule has 0 atom stereocenters. The van der Waals surface area contributed by atoms with Crippen molar-refractivity contribution in [2.24, 2.45) is 0 Å². The maximum atomic E-state index is 13.3. The first-order valence-electron chi connectivity index (χ1n) is 6.32. The Hall–Kier alpha value is -1.88. The van der Waals surface area contributed by atoms with Crippen molar-refractivity contribution in [1.82, 2.24) is 9.97 Å². The third kappa shape index (κ3) is 4.06. The third-order valence-corrected chi connectivity index (χ3v) is 2.85. The third-order valence-electron chi connectivity index (χ3n) is 2.60. The van der Waals surface area contributed by atoms with Crippen molar-refractivity contribution in [3.05, 3.63) is 46.9 Å². The maximum Gasteiger partial charge on any atom is 0.318 e. The minimum absolute atomic E-state index is 0.156. The molecule has 4 nitrogen and oxygen atoms in total. The van der Waals surface area contributed by atoms with Gasteiger partial charge in [-0.3, -0.25) is 0 Å². The number of hydrogen-bond donors (Lipinski definition) is 1. The van der Waals surface area contributed by atoms with Gasteiger partial charge in [0.2, 0.25) is 0 Å². The molecule has 1 heterocycles. The number of benzene rings is 1. The van der Waals surface area contributed by atoms with E-state index in [1.165, 1.54) is 0 Å². The number of nitrogens with zero attached hydrogens (tertiary/aromatic N) is 2. The van der Waals surface area contributed by atoms with Crippen LogP contribution in [0, 0.1) is 5.82 Å². The van der Waals surface area contributed by atoms with Gasteiger partial charge in [0, 0.05) is 18.0 Å². The number of aromatic nitrogens is 2. The van der Waals surface area contributed by atoms with Crippen LogP contribution in [-0.4, -0.2) is 23.1 Å². The second kappa shape index (κ2) is 7.05. The zero-order valence-electron chi connectivity index (χ0n) is 11.1. The monoisotopic (exact) mass is 295 g/mol. The molecular formula is C14H15ClFN3O. The molecular weight excluding hydrogens is 281 g/mol. The molecule has 0 amide bonds. The Labute approximate surface area is 122 Å². The van der Waals surface area contributed by atoms with Crippen molar-refractivity contribution in [3.8, 4) is 6.01 Å². The first-order chi connectivity index (χ1) is 9.69. The average molecular weight is 296 g/mol. The number of anilines is 1. The van der Waals surface area contributed by atoms with E-state index in [2.05, 4.69) is 15.3 Å². The lowest BCUT2D eigenvalue weighted by Crippen LogP contribution is -2.08. The summed E-state index contributed by atoms with van der Waals surface area (Å²) >= 11 is 5.81. The zero-order chi connectivity index (χ0) is 14.4. The number of ether oxygens (including phenoxy) is 1. The second-order valence-corrected chi connectivity index (χ2v) is 4.54. The minimum atomic E-state index is -0.489. The standard InChI is InChI=1S/C14H15ClFN3O/c1-2-17-13-12(16)9-18-14(19-13)20-8-7-10-3-5-11(15)6-4-10/h3-6,9H,2,7-8H2,1H3,(H,17,18,19). The summed E-state index contributed by atoms with van der Waals surface area (Å²) in [5.41, 5.74) is 1.10. The van der Waals surface area contributed by atoms with Gasteiger partial charge < -0.3 is 10.1 Å². The Morgan fingerprint density at radius 2 is 2.05 bits per heavy atom.